The fourth-order valence-corrected chi connectivity index (χ4v) is 3.57. The Morgan fingerprint density at radius 3 is 2.53 bits per heavy atom. The van der Waals surface area contributed by atoms with E-state index in [1.54, 1.807) is 24.3 Å². The summed E-state index contributed by atoms with van der Waals surface area (Å²) >= 11 is 0. The molecule has 0 aliphatic heterocycles. The summed E-state index contributed by atoms with van der Waals surface area (Å²) in [5, 5.41) is 8.82. The predicted molar refractivity (Wildman–Crippen MR) is 112 cm³/mol. The Balaban J connectivity index is 1.49. The maximum atomic E-state index is 12.5. The van der Waals surface area contributed by atoms with E-state index in [0.717, 1.165) is 19.3 Å². The number of nitriles is 1. The maximum absolute atomic E-state index is 12.5. The van der Waals surface area contributed by atoms with Crippen molar-refractivity contribution in [2.45, 2.75) is 38.5 Å². The minimum Gasteiger partial charge on any atom is -0.456 e. The quantitative estimate of drug-likeness (QED) is 0.470. The van der Waals surface area contributed by atoms with Crippen molar-refractivity contribution in [1.82, 2.24) is 0 Å². The van der Waals surface area contributed by atoms with Crippen LogP contribution in [0.15, 0.2) is 48.5 Å². The number of fused-ring (bicyclic) bond motifs is 1. The summed E-state index contributed by atoms with van der Waals surface area (Å²) in [4.78, 5) is 38.3. The van der Waals surface area contributed by atoms with Gasteiger partial charge >= 0.3 is 5.97 Å². The van der Waals surface area contributed by atoms with Crippen LogP contribution in [0.4, 0.5) is 5.69 Å². The van der Waals surface area contributed by atoms with Crippen molar-refractivity contribution >= 4 is 23.3 Å². The van der Waals surface area contributed by atoms with E-state index in [0.29, 0.717) is 11.3 Å². The number of esters is 1. The smallest absolute Gasteiger partial charge is 0.306 e. The maximum Gasteiger partial charge on any atom is 0.306 e. The van der Waals surface area contributed by atoms with Gasteiger partial charge in [-0.25, -0.2) is 0 Å². The lowest BCUT2D eigenvalue weighted by Gasteiger charge is -2.21. The van der Waals surface area contributed by atoms with E-state index < -0.39 is 18.5 Å². The molecule has 1 aliphatic rings. The first kappa shape index (κ1) is 21.3. The number of nitrogens with zero attached hydrogens (tertiary/aromatic N) is 2. The highest BCUT2D eigenvalue weighted by molar-refractivity contribution is 5.98. The largest absolute Gasteiger partial charge is 0.456 e. The van der Waals surface area contributed by atoms with Crippen LogP contribution in [-0.4, -0.2) is 30.8 Å². The molecule has 0 fully saturated rings. The molecule has 6 heteroatoms. The van der Waals surface area contributed by atoms with Gasteiger partial charge in [-0.2, -0.15) is 5.26 Å². The van der Waals surface area contributed by atoms with Gasteiger partial charge in [-0.15, -0.1) is 0 Å². The van der Waals surface area contributed by atoms with Crippen molar-refractivity contribution in [3.05, 3.63) is 65.2 Å². The van der Waals surface area contributed by atoms with E-state index in [2.05, 4.69) is 0 Å². The molecule has 3 rings (SSSR count). The van der Waals surface area contributed by atoms with Crippen LogP contribution in [0.3, 0.4) is 0 Å². The molecule has 0 bridgehead atoms. The SMILES string of the molecule is N#CCCN(C(=O)COC(=O)CCC(=O)c1ccc2c(c1)CCC2)c1ccccc1. The van der Waals surface area contributed by atoms with Gasteiger partial charge in [0.1, 0.15) is 0 Å². The van der Waals surface area contributed by atoms with E-state index in [1.165, 1.54) is 16.0 Å². The summed E-state index contributed by atoms with van der Waals surface area (Å²) in [7, 11) is 0. The van der Waals surface area contributed by atoms with Crippen LogP contribution >= 0.6 is 0 Å². The zero-order chi connectivity index (χ0) is 21.3. The molecule has 0 spiro atoms. The summed E-state index contributed by atoms with van der Waals surface area (Å²) in [5.74, 6) is -1.10. The first-order valence-electron chi connectivity index (χ1n) is 10.1. The number of amides is 1. The number of ether oxygens (including phenoxy) is 1. The molecule has 30 heavy (non-hydrogen) atoms. The second-order valence-corrected chi connectivity index (χ2v) is 7.21. The molecule has 1 aliphatic carbocycles. The van der Waals surface area contributed by atoms with E-state index in [1.807, 2.05) is 30.3 Å². The van der Waals surface area contributed by atoms with Crippen molar-refractivity contribution in [3.8, 4) is 6.07 Å². The summed E-state index contributed by atoms with van der Waals surface area (Å²) < 4.78 is 5.08. The lowest BCUT2D eigenvalue weighted by Crippen LogP contribution is -2.35. The van der Waals surface area contributed by atoms with Crippen molar-refractivity contribution < 1.29 is 19.1 Å². The normalized spacial score (nSPS) is 12.0. The molecule has 6 nitrogen and oxygen atoms in total. The van der Waals surface area contributed by atoms with E-state index >= 15 is 0 Å². The number of ketones is 1. The molecule has 0 N–H and O–H groups in total. The van der Waals surface area contributed by atoms with Crippen LogP contribution in [0.1, 0.15) is 47.2 Å². The van der Waals surface area contributed by atoms with Crippen LogP contribution in [0.25, 0.3) is 0 Å². The first-order valence-corrected chi connectivity index (χ1v) is 10.1. The van der Waals surface area contributed by atoms with Gasteiger partial charge in [0.15, 0.2) is 12.4 Å². The highest BCUT2D eigenvalue weighted by atomic mass is 16.5. The summed E-state index contributed by atoms with van der Waals surface area (Å²) in [6, 6.07) is 16.7. The number of rotatable bonds is 9. The van der Waals surface area contributed by atoms with Crippen LogP contribution in [0, 0.1) is 11.3 Å². The van der Waals surface area contributed by atoms with Crippen molar-refractivity contribution in [3.63, 3.8) is 0 Å². The fraction of sp³-hybridized carbons (Fsp3) is 0.333. The first-order chi connectivity index (χ1) is 14.6. The highest BCUT2D eigenvalue weighted by Gasteiger charge is 2.19. The third kappa shape index (κ3) is 5.54. The third-order valence-electron chi connectivity index (χ3n) is 5.15. The Morgan fingerprint density at radius 2 is 1.77 bits per heavy atom. The molecule has 0 saturated carbocycles. The van der Waals surface area contributed by atoms with E-state index in [9.17, 15) is 14.4 Å². The lowest BCUT2D eigenvalue weighted by molar-refractivity contribution is -0.147. The molecule has 0 radical (unpaired) electrons. The average molecular weight is 404 g/mol. The number of anilines is 1. The van der Waals surface area contributed by atoms with Crippen LogP contribution in [-0.2, 0) is 27.2 Å². The zero-order valence-corrected chi connectivity index (χ0v) is 16.8. The molecular formula is C24H24N2O4. The fourth-order valence-electron chi connectivity index (χ4n) is 3.57. The topological polar surface area (TPSA) is 87.5 Å². The minimum absolute atomic E-state index is 0.0443. The Labute approximate surface area is 176 Å². The van der Waals surface area contributed by atoms with E-state index in [4.69, 9.17) is 10.00 Å². The zero-order valence-electron chi connectivity index (χ0n) is 16.8. The standard InChI is InChI=1S/C24H24N2O4/c25-14-5-15-26(21-8-2-1-3-9-21)23(28)17-30-24(29)13-12-22(27)20-11-10-18-6-4-7-19(18)16-20/h1-3,8-11,16H,4-7,12-13,15,17H2. The molecule has 0 atom stereocenters. The van der Waals surface area contributed by atoms with Crippen LogP contribution in [0.5, 0.6) is 0 Å². The minimum atomic E-state index is -0.592. The number of aryl methyl sites for hydroxylation is 2. The number of carbonyl (C=O) groups excluding carboxylic acids is 3. The van der Waals surface area contributed by atoms with Crippen LogP contribution in [0.2, 0.25) is 0 Å². The highest BCUT2D eigenvalue weighted by Crippen LogP contribution is 2.23. The Kier molecular flexibility index (Phi) is 7.34. The monoisotopic (exact) mass is 404 g/mol. The summed E-state index contributed by atoms with van der Waals surface area (Å²) in [5.41, 5.74) is 3.77. The van der Waals surface area contributed by atoms with Gasteiger partial charge in [-0.3, -0.25) is 14.4 Å². The number of Topliss-reactive ketones (excluding diaryl/α,β-unsaturated/α-hetero) is 1. The molecule has 0 saturated heterocycles. The van der Waals surface area contributed by atoms with Gasteiger partial charge in [-0.1, -0.05) is 30.3 Å². The second-order valence-electron chi connectivity index (χ2n) is 7.21. The van der Waals surface area contributed by atoms with E-state index in [-0.39, 0.29) is 31.6 Å². The van der Waals surface area contributed by atoms with Crippen molar-refractivity contribution in [1.29, 1.82) is 5.26 Å². The Bertz CT molecular complexity index is 963. The number of para-hydroxylation sites is 1. The van der Waals surface area contributed by atoms with Gasteiger partial charge in [0, 0.05) is 24.2 Å². The molecule has 2 aromatic carbocycles. The second kappa shape index (κ2) is 10.4. The number of hydrogen-bond acceptors (Lipinski definition) is 5. The lowest BCUT2D eigenvalue weighted by atomic mass is 10.0. The molecule has 1 amide bonds. The number of benzene rings is 2. The molecule has 0 aromatic heterocycles. The Hall–Kier alpha value is -3.46. The Morgan fingerprint density at radius 1 is 1.00 bits per heavy atom. The number of hydrogen-bond donors (Lipinski definition) is 0. The van der Waals surface area contributed by atoms with Gasteiger partial charge in [0.05, 0.1) is 18.9 Å². The van der Waals surface area contributed by atoms with Crippen molar-refractivity contribution in [2.24, 2.45) is 0 Å². The van der Waals surface area contributed by atoms with Gasteiger partial charge < -0.3 is 9.64 Å². The van der Waals surface area contributed by atoms with Gasteiger partial charge in [0.25, 0.3) is 5.91 Å². The van der Waals surface area contributed by atoms with Gasteiger partial charge in [-0.05, 0) is 48.6 Å². The third-order valence-corrected chi connectivity index (χ3v) is 5.15. The number of carbonyl (C=O) groups is 3. The summed E-state index contributed by atoms with van der Waals surface area (Å²) in [6.45, 7) is -0.208. The molecule has 0 unspecified atom stereocenters. The van der Waals surface area contributed by atoms with Crippen LogP contribution < -0.4 is 4.90 Å². The summed E-state index contributed by atoms with van der Waals surface area (Å²) in [6.07, 6.45) is 3.30. The average Bonchev–Trinajstić information content (AvgIpc) is 3.25. The van der Waals surface area contributed by atoms with Crippen molar-refractivity contribution in [2.75, 3.05) is 18.1 Å². The molecule has 2 aromatic rings. The molecule has 0 heterocycles. The van der Waals surface area contributed by atoms with Gasteiger partial charge in [0.2, 0.25) is 0 Å². The molecular weight excluding hydrogens is 380 g/mol. The predicted octanol–water partition coefficient (Wildman–Crippen LogP) is 3.63. The molecule has 154 valence electrons.